The Morgan fingerprint density at radius 2 is 1.38 bits per heavy atom. The average molecular weight is 320 g/mol. The molecule has 0 fully saturated rings. The van der Waals surface area contributed by atoms with Crippen molar-refractivity contribution in [3.8, 4) is 0 Å². The number of ether oxygens (including phenoxy) is 1. The van der Waals surface area contributed by atoms with Gasteiger partial charge in [-0.2, -0.15) is 12.6 Å². The number of hydrogen-bond donors (Lipinski definition) is 1. The fraction of sp³-hybridized carbons (Fsp3) is 0.231. The number of halogens is 4. The Bertz CT molecular complexity index is 697. The molecule has 1 aliphatic rings. The summed E-state index contributed by atoms with van der Waals surface area (Å²) in [6, 6.07) is 0. The number of ketones is 2. The maximum atomic E-state index is 13.7. The fourth-order valence-corrected chi connectivity index (χ4v) is 2.05. The largest absolute Gasteiger partial charge is 0.488 e. The van der Waals surface area contributed by atoms with E-state index >= 15 is 0 Å². The van der Waals surface area contributed by atoms with Crippen LogP contribution in [-0.2, 0) is 4.74 Å². The van der Waals surface area contributed by atoms with E-state index in [-0.39, 0.29) is 17.9 Å². The number of benzene rings is 1. The molecule has 0 aliphatic heterocycles. The van der Waals surface area contributed by atoms with Crippen molar-refractivity contribution < 1.29 is 31.9 Å². The fourth-order valence-electron chi connectivity index (χ4n) is 1.95. The summed E-state index contributed by atoms with van der Waals surface area (Å²) in [6.07, 6.45) is 0. The van der Waals surface area contributed by atoms with Crippen LogP contribution in [0.1, 0.15) is 27.6 Å². The summed E-state index contributed by atoms with van der Waals surface area (Å²) in [6.45, 7) is 1.08. The molecule has 8 heteroatoms. The Morgan fingerprint density at radius 1 is 0.905 bits per heavy atom. The third-order valence-corrected chi connectivity index (χ3v) is 3.13. The minimum Gasteiger partial charge on any atom is -0.488 e. The van der Waals surface area contributed by atoms with Gasteiger partial charge >= 0.3 is 0 Å². The van der Waals surface area contributed by atoms with Gasteiger partial charge in [0.05, 0.1) is 17.7 Å². The van der Waals surface area contributed by atoms with Gasteiger partial charge in [0, 0.05) is 11.3 Å². The molecule has 0 saturated carbocycles. The molecule has 0 aromatic heterocycles. The summed E-state index contributed by atoms with van der Waals surface area (Å²) in [5.74, 6) is -10.8. The second-order valence-corrected chi connectivity index (χ2v) is 4.64. The minimum absolute atomic E-state index is 0.0715. The van der Waals surface area contributed by atoms with Crippen LogP contribution < -0.4 is 0 Å². The molecule has 1 aromatic carbocycles. The van der Waals surface area contributed by atoms with Crippen LogP contribution in [0.15, 0.2) is 11.3 Å². The van der Waals surface area contributed by atoms with E-state index in [0.29, 0.717) is 0 Å². The molecule has 1 aromatic rings. The van der Waals surface area contributed by atoms with Crippen LogP contribution in [0, 0.1) is 23.3 Å². The van der Waals surface area contributed by atoms with E-state index in [9.17, 15) is 27.2 Å². The summed E-state index contributed by atoms with van der Waals surface area (Å²) in [5.41, 5.74) is -2.58. The lowest BCUT2D eigenvalue weighted by atomic mass is 9.87. The molecule has 0 spiro atoms. The Hall–Kier alpha value is -1.83. The van der Waals surface area contributed by atoms with Gasteiger partial charge in [0.15, 0.2) is 34.8 Å². The zero-order valence-corrected chi connectivity index (χ0v) is 11.5. The number of Topliss-reactive ketones (excluding diaryl/α,β-unsaturated/α-hetero) is 2. The van der Waals surface area contributed by atoms with Crippen molar-refractivity contribution in [3.63, 3.8) is 0 Å². The van der Waals surface area contributed by atoms with Crippen LogP contribution >= 0.6 is 12.6 Å². The lowest BCUT2D eigenvalue weighted by Gasteiger charge is -2.20. The first kappa shape index (κ1) is 15.6. The van der Waals surface area contributed by atoms with E-state index in [1.165, 1.54) is 0 Å². The summed E-state index contributed by atoms with van der Waals surface area (Å²) >= 11 is 3.84. The molecule has 112 valence electrons. The third-order valence-electron chi connectivity index (χ3n) is 2.95. The number of hydrogen-bond acceptors (Lipinski definition) is 4. The highest BCUT2D eigenvalue weighted by molar-refractivity contribution is 7.80. The predicted octanol–water partition coefficient (Wildman–Crippen LogP) is 2.84. The maximum absolute atomic E-state index is 13.7. The zero-order valence-electron chi connectivity index (χ0n) is 10.6. The van der Waals surface area contributed by atoms with E-state index in [1.807, 2.05) is 0 Å². The molecule has 0 radical (unpaired) electrons. The minimum atomic E-state index is -2.15. The average Bonchev–Trinajstić information content (AvgIpc) is 2.46. The Labute approximate surface area is 122 Å². The van der Waals surface area contributed by atoms with E-state index in [2.05, 4.69) is 12.6 Å². The maximum Gasteiger partial charge on any atom is 0.231 e. The van der Waals surface area contributed by atoms with Crippen molar-refractivity contribution >= 4 is 24.2 Å². The molecule has 0 N–H and O–H groups in total. The highest BCUT2D eigenvalue weighted by Gasteiger charge is 2.39. The van der Waals surface area contributed by atoms with Gasteiger partial charge in [-0.25, -0.2) is 17.6 Å². The smallest absolute Gasteiger partial charge is 0.231 e. The lowest BCUT2D eigenvalue weighted by molar-refractivity contribution is 0.0873. The molecule has 0 amide bonds. The molecule has 0 atom stereocenters. The van der Waals surface area contributed by atoms with Crippen LogP contribution in [0.4, 0.5) is 17.6 Å². The number of allylic oxidation sites excluding steroid dienone is 2. The van der Waals surface area contributed by atoms with Gasteiger partial charge in [-0.05, 0) is 6.92 Å². The molecule has 3 nitrogen and oxygen atoms in total. The quantitative estimate of drug-likeness (QED) is 0.403. The number of carbonyl (C=O) groups excluding carboxylic acids is 2. The van der Waals surface area contributed by atoms with Gasteiger partial charge < -0.3 is 4.74 Å². The van der Waals surface area contributed by atoms with Crippen molar-refractivity contribution in [2.75, 3.05) is 12.4 Å². The number of rotatable bonds is 3. The molecular formula is C13H8F4O3S. The van der Waals surface area contributed by atoms with Crippen molar-refractivity contribution in [3.05, 3.63) is 45.7 Å². The Balaban J connectivity index is 2.73. The highest BCUT2D eigenvalue weighted by Crippen LogP contribution is 2.33. The number of carbonyl (C=O) groups is 2. The lowest BCUT2D eigenvalue weighted by Crippen LogP contribution is -2.27. The Morgan fingerprint density at radius 3 is 1.86 bits per heavy atom. The van der Waals surface area contributed by atoms with Crippen LogP contribution in [0.5, 0.6) is 0 Å². The summed E-state index contributed by atoms with van der Waals surface area (Å²) in [5, 5.41) is 0. The molecule has 1 aliphatic carbocycles. The highest BCUT2D eigenvalue weighted by atomic mass is 32.1. The van der Waals surface area contributed by atoms with Gasteiger partial charge in [-0.15, -0.1) is 0 Å². The molecule has 0 heterocycles. The second-order valence-electron chi connectivity index (χ2n) is 4.19. The van der Waals surface area contributed by atoms with Crippen LogP contribution in [0.3, 0.4) is 0 Å². The van der Waals surface area contributed by atoms with Gasteiger partial charge in [-0.3, -0.25) is 9.59 Å². The van der Waals surface area contributed by atoms with Crippen LogP contribution in [0.2, 0.25) is 0 Å². The standard InChI is InChI=1S/C13H8F4O3S/c1-4-11(18)5-6(12(19)13(4)20-2-3-21)8(15)10(17)9(16)7(5)14/h21H,2-3H2,1H3. The van der Waals surface area contributed by atoms with E-state index in [1.54, 1.807) is 0 Å². The first-order valence-electron chi connectivity index (χ1n) is 5.72. The van der Waals surface area contributed by atoms with Crippen LogP contribution in [0.25, 0.3) is 0 Å². The normalized spacial score (nSPS) is 14.6. The monoisotopic (exact) mass is 320 g/mol. The van der Waals surface area contributed by atoms with Crippen molar-refractivity contribution in [1.29, 1.82) is 0 Å². The zero-order chi connectivity index (χ0) is 15.9. The molecular weight excluding hydrogens is 312 g/mol. The first-order valence-corrected chi connectivity index (χ1v) is 6.36. The second kappa shape index (κ2) is 5.51. The SMILES string of the molecule is CC1=C(OCCS)C(=O)c2c(F)c(F)c(F)c(F)c2C1=O. The van der Waals surface area contributed by atoms with Crippen molar-refractivity contribution in [1.82, 2.24) is 0 Å². The van der Waals surface area contributed by atoms with Gasteiger partial charge in [0.1, 0.15) is 0 Å². The van der Waals surface area contributed by atoms with Gasteiger partial charge in [0.25, 0.3) is 0 Å². The van der Waals surface area contributed by atoms with E-state index in [0.717, 1.165) is 6.92 Å². The molecule has 0 saturated heterocycles. The summed E-state index contributed by atoms with van der Waals surface area (Å²) in [4.78, 5) is 24.0. The predicted molar refractivity (Wildman–Crippen MR) is 67.4 cm³/mol. The van der Waals surface area contributed by atoms with E-state index in [4.69, 9.17) is 4.74 Å². The molecule has 0 bridgehead atoms. The van der Waals surface area contributed by atoms with E-state index < -0.39 is 51.7 Å². The Kier molecular flexibility index (Phi) is 4.08. The summed E-state index contributed by atoms with van der Waals surface area (Å²) in [7, 11) is 0. The third kappa shape index (κ3) is 2.23. The number of fused-ring (bicyclic) bond motifs is 1. The molecule has 21 heavy (non-hydrogen) atoms. The van der Waals surface area contributed by atoms with Crippen LogP contribution in [-0.4, -0.2) is 23.9 Å². The van der Waals surface area contributed by atoms with Gasteiger partial charge in [0.2, 0.25) is 5.78 Å². The number of thiol groups is 1. The van der Waals surface area contributed by atoms with Crippen molar-refractivity contribution in [2.24, 2.45) is 0 Å². The summed E-state index contributed by atoms with van der Waals surface area (Å²) < 4.78 is 58.8. The first-order chi connectivity index (χ1) is 9.82. The molecule has 0 unspecified atom stereocenters. The van der Waals surface area contributed by atoms with Gasteiger partial charge in [-0.1, -0.05) is 0 Å². The van der Waals surface area contributed by atoms with Crippen molar-refractivity contribution in [2.45, 2.75) is 6.92 Å². The topological polar surface area (TPSA) is 43.4 Å². The molecule has 2 rings (SSSR count).